The van der Waals surface area contributed by atoms with Crippen LogP contribution in [0.25, 0.3) is 6.08 Å². The van der Waals surface area contributed by atoms with Crippen LogP contribution in [0.2, 0.25) is 0 Å². The first-order valence-corrected chi connectivity index (χ1v) is 10.9. The number of nitrogens with zero attached hydrogens (tertiary/aromatic N) is 1. The van der Waals surface area contributed by atoms with Crippen LogP contribution in [-0.2, 0) is 16.1 Å². The summed E-state index contributed by atoms with van der Waals surface area (Å²) >= 11 is 3.39. The zero-order valence-electron chi connectivity index (χ0n) is 18.5. The van der Waals surface area contributed by atoms with Crippen molar-refractivity contribution in [3.8, 4) is 23.3 Å². The molecular weight excluding hydrogens is 504 g/mol. The highest BCUT2D eigenvalue weighted by Gasteiger charge is 2.14. The topological polar surface area (TPSA) is 111 Å². The number of methoxy groups -OCH3 is 1. The standard InChI is InChI=1S/C25H21BrN2O6/c1-16-5-7-21(20(26)10-16)33-15-24(29)34-22-8-6-17(12-23(22)31-2)11-18(13-27)25(30)28-14-19-4-3-9-32-19/h3-12H,14-15H2,1-2H3,(H,28,30)/b18-11+. The van der Waals surface area contributed by atoms with Gasteiger partial charge in [-0.1, -0.05) is 12.1 Å². The Morgan fingerprint density at radius 2 is 1.94 bits per heavy atom. The molecule has 1 N–H and O–H groups in total. The second-order valence-corrected chi connectivity index (χ2v) is 7.89. The first-order valence-electron chi connectivity index (χ1n) is 10.1. The third kappa shape index (κ3) is 6.73. The molecule has 0 fully saturated rings. The number of benzene rings is 2. The van der Waals surface area contributed by atoms with E-state index in [1.807, 2.05) is 25.1 Å². The quantitative estimate of drug-likeness (QED) is 0.189. The van der Waals surface area contributed by atoms with E-state index in [2.05, 4.69) is 21.2 Å². The lowest BCUT2D eigenvalue weighted by atomic mass is 10.1. The van der Waals surface area contributed by atoms with Gasteiger partial charge in [0.15, 0.2) is 18.1 Å². The molecule has 0 spiro atoms. The fourth-order valence-corrected chi connectivity index (χ4v) is 3.47. The number of furan rings is 1. The zero-order valence-corrected chi connectivity index (χ0v) is 20.0. The molecule has 174 valence electrons. The number of halogens is 1. The second-order valence-electron chi connectivity index (χ2n) is 7.04. The van der Waals surface area contributed by atoms with Crippen molar-refractivity contribution < 1.29 is 28.2 Å². The van der Waals surface area contributed by atoms with E-state index in [4.69, 9.17) is 18.6 Å². The number of carbonyl (C=O) groups is 2. The molecule has 3 aromatic rings. The number of nitriles is 1. The van der Waals surface area contributed by atoms with E-state index in [0.717, 1.165) is 10.0 Å². The van der Waals surface area contributed by atoms with E-state index in [9.17, 15) is 14.9 Å². The van der Waals surface area contributed by atoms with Gasteiger partial charge in [-0.25, -0.2) is 4.79 Å². The summed E-state index contributed by atoms with van der Waals surface area (Å²) in [5.41, 5.74) is 1.46. The Morgan fingerprint density at radius 3 is 2.62 bits per heavy atom. The predicted molar refractivity (Wildman–Crippen MR) is 127 cm³/mol. The fraction of sp³-hybridized carbons (Fsp3) is 0.160. The van der Waals surface area contributed by atoms with E-state index in [-0.39, 0.29) is 30.2 Å². The van der Waals surface area contributed by atoms with Gasteiger partial charge in [0.05, 0.1) is 24.4 Å². The summed E-state index contributed by atoms with van der Waals surface area (Å²) in [6.45, 7) is 1.80. The van der Waals surface area contributed by atoms with Crippen LogP contribution in [0.3, 0.4) is 0 Å². The minimum Gasteiger partial charge on any atom is -0.493 e. The van der Waals surface area contributed by atoms with Crippen molar-refractivity contribution in [3.63, 3.8) is 0 Å². The first kappa shape index (κ1) is 24.6. The third-order valence-electron chi connectivity index (χ3n) is 4.52. The maximum atomic E-state index is 12.3. The molecule has 0 aliphatic rings. The molecular formula is C25H21BrN2O6. The van der Waals surface area contributed by atoms with Crippen LogP contribution in [0.1, 0.15) is 16.9 Å². The third-order valence-corrected chi connectivity index (χ3v) is 5.14. The number of esters is 1. The Hall–Kier alpha value is -4.03. The van der Waals surface area contributed by atoms with E-state index >= 15 is 0 Å². The van der Waals surface area contributed by atoms with Crippen LogP contribution in [0.5, 0.6) is 17.2 Å². The highest BCUT2D eigenvalue weighted by atomic mass is 79.9. The maximum Gasteiger partial charge on any atom is 0.349 e. The largest absolute Gasteiger partial charge is 0.493 e. The summed E-state index contributed by atoms with van der Waals surface area (Å²) in [4.78, 5) is 24.6. The molecule has 0 aliphatic carbocycles. The van der Waals surface area contributed by atoms with Gasteiger partial charge in [-0.2, -0.15) is 5.26 Å². The number of aryl methyl sites for hydroxylation is 1. The van der Waals surface area contributed by atoms with Crippen LogP contribution < -0.4 is 19.5 Å². The number of nitrogens with one attached hydrogen (secondary N) is 1. The van der Waals surface area contributed by atoms with Crippen LogP contribution in [0.4, 0.5) is 0 Å². The highest BCUT2D eigenvalue weighted by molar-refractivity contribution is 9.10. The maximum absolute atomic E-state index is 12.3. The first-order chi connectivity index (χ1) is 16.4. The van der Waals surface area contributed by atoms with Gasteiger partial charge in [0.25, 0.3) is 5.91 Å². The van der Waals surface area contributed by atoms with E-state index < -0.39 is 11.9 Å². The average molecular weight is 525 g/mol. The smallest absolute Gasteiger partial charge is 0.349 e. The molecule has 0 unspecified atom stereocenters. The van der Waals surface area contributed by atoms with Gasteiger partial charge in [0, 0.05) is 0 Å². The van der Waals surface area contributed by atoms with Crippen molar-refractivity contribution in [3.05, 3.63) is 81.7 Å². The molecule has 34 heavy (non-hydrogen) atoms. The number of hydrogen-bond acceptors (Lipinski definition) is 7. The summed E-state index contributed by atoms with van der Waals surface area (Å²) in [5.74, 6) is 0.349. The summed E-state index contributed by atoms with van der Waals surface area (Å²) in [6.07, 6.45) is 2.90. The minimum absolute atomic E-state index is 0.101. The zero-order chi connectivity index (χ0) is 24.5. The molecule has 0 saturated heterocycles. The van der Waals surface area contributed by atoms with Gasteiger partial charge in [-0.15, -0.1) is 0 Å². The summed E-state index contributed by atoms with van der Waals surface area (Å²) < 4.78 is 22.1. The van der Waals surface area contributed by atoms with E-state index in [0.29, 0.717) is 17.1 Å². The number of ether oxygens (including phenoxy) is 3. The molecule has 8 nitrogen and oxygen atoms in total. The monoisotopic (exact) mass is 524 g/mol. The molecule has 0 radical (unpaired) electrons. The molecule has 0 aliphatic heterocycles. The molecule has 2 aromatic carbocycles. The van der Waals surface area contributed by atoms with Crippen LogP contribution >= 0.6 is 15.9 Å². The number of rotatable bonds is 9. The van der Waals surface area contributed by atoms with E-state index in [1.54, 1.807) is 30.3 Å². The molecule has 0 saturated carbocycles. The molecule has 0 atom stereocenters. The van der Waals surface area contributed by atoms with Crippen molar-refractivity contribution >= 4 is 33.9 Å². The fourth-order valence-electron chi connectivity index (χ4n) is 2.86. The van der Waals surface area contributed by atoms with Crippen molar-refractivity contribution in [2.24, 2.45) is 0 Å². The van der Waals surface area contributed by atoms with Gasteiger partial charge >= 0.3 is 5.97 Å². The predicted octanol–water partition coefficient (Wildman–Crippen LogP) is 4.57. The van der Waals surface area contributed by atoms with E-state index in [1.165, 1.54) is 25.5 Å². The summed E-state index contributed by atoms with van der Waals surface area (Å²) in [6, 6.07) is 15.5. The van der Waals surface area contributed by atoms with Gasteiger partial charge in [-0.05, 0) is 76.5 Å². The second kappa shape index (κ2) is 11.7. The van der Waals surface area contributed by atoms with Gasteiger partial charge in [-0.3, -0.25) is 4.79 Å². The highest BCUT2D eigenvalue weighted by Crippen LogP contribution is 2.30. The van der Waals surface area contributed by atoms with Crippen LogP contribution in [0, 0.1) is 18.3 Å². The Labute approximate surface area is 204 Å². The Kier molecular flexibility index (Phi) is 8.48. The van der Waals surface area contributed by atoms with Gasteiger partial charge < -0.3 is 23.9 Å². The number of amides is 1. The normalized spacial score (nSPS) is 10.8. The summed E-state index contributed by atoms with van der Waals surface area (Å²) in [7, 11) is 1.42. The van der Waals surface area contributed by atoms with Crippen molar-refractivity contribution in [1.82, 2.24) is 5.32 Å². The van der Waals surface area contributed by atoms with Gasteiger partial charge in [0.2, 0.25) is 0 Å². The number of carbonyl (C=O) groups excluding carboxylic acids is 2. The Morgan fingerprint density at radius 1 is 1.15 bits per heavy atom. The Bertz CT molecular complexity index is 1240. The SMILES string of the molecule is COc1cc(/C=C(\C#N)C(=O)NCc2ccco2)ccc1OC(=O)COc1ccc(C)cc1Br. The molecule has 9 heteroatoms. The lowest BCUT2D eigenvalue weighted by molar-refractivity contribution is -0.136. The van der Waals surface area contributed by atoms with Crippen molar-refractivity contribution in [2.45, 2.75) is 13.5 Å². The summed E-state index contributed by atoms with van der Waals surface area (Å²) in [5, 5.41) is 12.0. The van der Waals surface area contributed by atoms with Crippen molar-refractivity contribution in [1.29, 1.82) is 5.26 Å². The van der Waals surface area contributed by atoms with Crippen molar-refractivity contribution in [2.75, 3.05) is 13.7 Å². The Balaban J connectivity index is 1.64. The molecule has 1 amide bonds. The lowest BCUT2D eigenvalue weighted by Gasteiger charge is -2.11. The average Bonchev–Trinajstić information content (AvgIpc) is 3.35. The molecule has 1 heterocycles. The minimum atomic E-state index is -0.621. The molecule has 0 bridgehead atoms. The van der Waals surface area contributed by atoms with Crippen LogP contribution in [-0.4, -0.2) is 25.6 Å². The number of hydrogen-bond donors (Lipinski definition) is 1. The molecule has 3 rings (SSSR count). The lowest BCUT2D eigenvalue weighted by Crippen LogP contribution is -2.23. The van der Waals surface area contributed by atoms with Gasteiger partial charge in [0.1, 0.15) is 23.2 Å². The van der Waals surface area contributed by atoms with Crippen LogP contribution in [0.15, 0.2) is 69.3 Å². The molecule has 1 aromatic heterocycles.